The summed E-state index contributed by atoms with van der Waals surface area (Å²) in [5.41, 5.74) is -1.57. The Bertz CT molecular complexity index is 966. The number of methoxy groups -OCH3 is 1. The molecule has 0 aromatic carbocycles. The van der Waals surface area contributed by atoms with Gasteiger partial charge in [-0.05, 0) is 49.9 Å². The average molecular weight is 567 g/mol. The summed E-state index contributed by atoms with van der Waals surface area (Å²) in [4.78, 5) is 67.4. The maximum absolute atomic E-state index is 14.0. The zero-order chi connectivity index (χ0) is 30.6. The van der Waals surface area contributed by atoms with E-state index in [0.29, 0.717) is 19.4 Å². The van der Waals surface area contributed by atoms with Gasteiger partial charge in [0.15, 0.2) is 0 Å². The number of carbonyl (C=O) groups excluding carboxylic acids is 5. The molecule has 0 aromatic heterocycles. The summed E-state index contributed by atoms with van der Waals surface area (Å²) in [5, 5.41) is 8.06. The number of likely N-dealkylation sites (tertiary alicyclic amines) is 1. The highest BCUT2D eigenvalue weighted by Gasteiger charge is 2.70. The molecule has 1 unspecified atom stereocenters. The average Bonchev–Trinajstić information content (AvgIpc) is 3.15. The number of nitrogens with one attached hydrogen (secondary N) is 3. The van der Waals surface area contributed by atoms with Crippen LogP contribution in [0.2, 0.25) is 0 Å². The van der Waals surface area contributed by atoms with Gasteiger partial charge in [0.2, 0.25) is 17.6 Å². The first kappa shape index (κ1) is 33.5. The molecule has 0 aromatic rings. The number of hydrogen-bond donors (Lipinski definition) is 3. The molecule has 0 bridgehead atoms. The smallest absolute Gasteiger partial charge is 0.408 e. The molecule has 2 fully saturated rings. The van der Waals surface area contributed by atoms with Gasteiger partial charge >= 0.3 is 6.09 Å². The van der Waals surface area contributed by atoms with Crippen LogP contribution < -0.4 is 16.0 Å². The lowest BCUT2D eigenvalue weighted by molar-refractivity contribution is -0.145. The molecule has 1 aliphatic heterocycles. The lowest BCUT2D eigenvalue weighted by Gasteiger charge is -2.38. The van der Waals surface area contributed by atoms with Crippen molar-refractivity contribution in [3.8, 4) is 0 Å². The van der Waals surface area contributed by atoms with Crippen LogP contribution in [0.1, 0.15) is 81.6 Å². The van der Waals surface area contributed by atoms with Crippen LogP contribution in [0.4, 0.5) is 4.79 Å². The third kappa shape index (κ3) is 8.17. The van der Waals surface area contributed by atoms with Gasteiger partial charge in [0, 0.05) is 20.2 Å². The summed E-state index contributed by atoms with van der Waals surface area (Å²) in [6.45, 7) is 17.6. The second-order valence-electron chi connectivity index (χ2n) is 13.7. The maximum atomic E-state index is 14.0. The fourth-order valence-corrected chi connectivity index (χ4v) is 5.50. The number of carbonyl (C=O) groups is 5. The summed E-state index contributed by atoms with van der Waals surface area (Å²) < 4.78 is 10.3. The van der Waals surface area contributed by atoms with E-state index in [9.17, 15) is 24.0 Å². The minimum atomic E-state index is -1.01. The molecule has 2 rings (SSSR count). The van der Waals surface area contributed by atoms with E-state index < -0.39 is 52.8 Å². The number of nitrogens with zero attached hydrogens (tertiary/aromatic N) is 1. The van der Waals surface area contributed by atoms with E-state index >= 15 is 0 Å². The van der Waals surface area contributed by atoms with Crippen LogP contribution in [0, 0.1) is 22.7 Å². The van der Waals surface area contributed by atoms with Crippen molar-refractivity contribution in [2.24, 2.45) is 22.7 Å². The molecule has 228 valence electrons. The number of fused-ring (bicyclic) bond motifs is 1. The van der Waals surface area contributed by atoms with Crippen LogP contribution >= 0.6 is 0 Å². The molecule has 11 nitrogen and oxygen atoms in total. The Morgan fingerprint density at radius 1 is 1.02 bits per heavy atom. The van der Waals surface area contributed by atoms with E-state index in [1.807, 2.05) is 27.7 Å². The van der Waals surface area contributed by atoms with Gasteiger partial charge in [-0.2, -0.15) is 0 Å². The van der Waals surface area contributed by atoms with Gasteiger partial charge in [0.05, 0.1) is 12.6 Å². The van der Waals surface area contributed by atoms with Crippen molar-refractivity contribution in [1.29, 1.82) is 0 Å². The normalized spacial score (nSPS) is 22.9. The van der Waals surface area contributed by atoms with Crippen LogP contribution in [-0.2, 0) is 28.7 Å². The summed E-state index contributed by atoms with van der Waals surface area (Å²) >= 11 is 0. The predicted molar refractivity (Wildman–Crippen MR) is 150 cm³/mol. The second-order valence-corrected chi connectivity index (χ2v) is 13.7. The number of piperidine rings is 1. The number of rotatable bonds is 12. The van der Waals surface area contributed by atoms with E-state index in [2.05, 4.69) is 29.8 Å². The Kier molecular flexibility index (Phi) is 10.8. The highest BCUT2D eigenvalue weighted by atomic mass is 16.6. The number of amides is 4. The van der Waals surface area contributed by atoms with Crippen molar-refractivity contribution in [2.75, 3.05) is 26.8 Å². The molecule has 1 aliphatic carbocycles. The Morgan fingerprint density at radius 3 is 2.17 bits per heavy atom. The third-order valence-electron chi connectivity index (χ3n) is 7.83. The fraction of sp³-hybridized carbons (Fsp3) is 0.828. The molecular weight excluding hydrogens is 516 g/mol. The van der Waals surface area contributed by atoms with Gasteiger partial charge in [-0.25, -0.2) is 4.79 Å². The van der Waals surface area contributed by atoms with E-state index in [-0.39, 0.29) is 36.3 Å². The molecule has 2 aliphatic rings. The Labute approximate surface area is 238 Å². The number of Topliss-reactive ketones (excluding diaryl/α,β-unsaturated/α-hetero) is 1. The molecule has 1 heterocycles. The van der Waals surface area contributed by atoms with Gasteiger partial charge in [-0.3, -0.25) is 19.2 Å². The molecular formula is C29H50N4O7. The van der Waals surface area contributed by atoms with Crippen molar-refractivity contribution < 1.29 is 33.4 Å². The number of hydrogen-bond acceptors (Lipinski definition) is 7. The lowest BCUT2D eigenvalue weighted by atomic mass is 9.85. The molecule has 0 radical (unpaired) electrons. The molecule has 3 N–H and O–H groups in total. The van der Waals surface area contributed by atoms with E-state index in [4.69, 9.17) is 9.47 Å². The number of unbranched alkanes of at least 4 members (excludes halogenated alkanes) is 1. The van der Waals surface area contributed by atoms with Gasteiger partial charge in [-0.1, -0.05) is 54.4 Å². The molecule has 1 saturated carbocycles. The largest absolute Gasteiger partial charge is 0.444 e. The summed E-state index contributed by atoms with van der Waals surface area (Å²) in [6, 6.07) is -2.78. The standard InChI is InChI=1S/C29H50N4O7/c1-11-12-13-18(21(34)24(36)30-14-15-39-10)31-23(35)20-19-17(29(19,8)9)16-33(20)25(37)22(27(2,3)4)32-26(38)40-28(5,6)7/h17-20,22H,11-16H2,1-10H3,(H,30,36)(H,31,35)(H,32,38)/t17-,18?,19-,20-,22+/m0/s1. The van der Waals surface area contributed by atoms with Crippen molar-refractivity contribution in [3.63, 3.8) is 0 Å². The van der Waals surface area contributed by atoms with E-state index in [1.165, 1.54) is 12.0 Å². The minimum Gasteiger partial charge on any atom is -0.444 e. The molecule has 5 atom stereocenters. The lowest BCUT2D eigenvalue weighted by Crippen LogP contribution is -2.60. The SMILES string of the molecule is CCCCC(NC(=O)[C@@H]1[C@@H]2[C@H](CN1C(=O)[C@@H](NC(=O)OC(C)(C)C)C(C)(C)C)C2(C)C)C(=O)C(=O)NCCOC. The molecule has 4 amide bonds. The van der Waals surface area contributed by atoms with Crippen molar-refractivity contribution in [3.05, 3.63) is 0 Å². The monoisotopic (exact) mass is 566 g/mol. The highest BCUT2D eigenvalue weighted by molar-refractivity contribution is 6.38. The fourth-order valence-electron chi connectivity index (χ4n) is 5.50. The minimum absolute atomic E-state index is 0.101. The van der Waals surface area contributed by atoms with Gasteiger partial charge in [0.25, 0.3) is 5.91 Å². The van der Waals surface area contributed by atoms with Gasteiger partial charge < -0.3 is 30.3 Å². The van der Waals surface area contributed by atoms with Crippen molar-refractivity contribution in [1.82, 2.24) is 20.9 Å². The van der Waals surface area contributed by atoms with Crippen LogP contribution in [0.25, 0.3) is 0 Å². The summed E-state index contributed by atoms with van der Waals surface area (Å²) in [5.74, 6) is -2.34. The molecule has 0 spiro atoms. The van der Waals surface area contributed by atoms with E-state index in [1.54, 1.807) is 20.8 Å². The molecule has 1 saturated heterocycles. The van der Waals surface area contributed by atoms with Crippen LogP contribution in [0.15, 0.2) is 0 Å². The third-order valence-corrected chi connectivity index (χ3v) is 7.83. The number of ketones is 1. The van der Waals surface area contributed by atoms with Crippen molar-refractivity contribution in [2.45, 2.75) is 105 Å². The van der Waals surface area contributed by atoms with Crippen molar-refractivity contribution >= 4 is 29.6 Å². The Morgan fingerprint density at radius 2 is 1.65 bits per heavy atom. The van der Waals surface area contributed by atoms with Crippen LogP contribution in [-0.4, -0.2) is 85.0 Å². The zero-order valence-electron chi connectivity index (χ0n) is 25.9. The summed E-state index contributed by atoms with van der Waals surface area (Å²) in [7, 11) is 1.49. The predicted octanol–water partition coefficient (Wildman–Crippen LogP) is 2.42. The molecule has 11 heteroatoms. The second kappa shape index (κ2) is 12.9. The highest BCUT2D eigenvalue weighted by Crippen LogP contribution is 2.65. The molecule has 40 heavy (non-hydrogen) atoms. The van der Waals surface area contributed by atoms with Crippen LogP contribution in [0.3, 0.4) is 0 Å². The Balaban J connectivity index is 2.29. The first-order valence-electron chi connectivity index (χ1n) is 14.3. The summed E-state index contributed by atoms with van der Waals surface area (Å²) in [6.07, 6.45) is 1.01. The zero-order valence-corrected chi connectivity index (χ0v) is 25.9. The maximum Gasteiger partial charge on any atom is 0.408 e. The topological polar surface area (TPSA) is 143 Å². The Hall–Kier alpha value is -2.69. The number of ether oxygens (including phenoxy) is 2. The van der Waals surface area contributed by atoms with Crippen LogP contribution in [0.5, 0.6) is 0 Å². The quantitative estimate of drug-likeness (QED) is 0.243. The first-order chi connectivity index (χ1) is 18.4. The van der Waals surface area contributed by atoms with Gasteiger partial charge in [-0.15, -0.1) is 0 Å². The van der Waals surface area contributed by atoms with E-state index in [0.717, 1.165) is 6.42 Å². The van der Waals surface area contributed by atoms with Gasteiger partial charge in [0.1, 0.15) is 17.7 Å². The number of alkyl carbamates (subject to hydrolysis) is 1. The first-order valence-corrected chi connectivity index (χ1v) is 14.3.